The summed E-state index contributed by atoms with van der Waals surface area (Å²) in [5, 5.41) is 9.43. The van der Waals surface area contributed by atoms with Crippen molar-refractivity contribution in [3.63, 3.8) is 0 Å². The van der Waals surface area contributed by atoms with E-state index < -0.39 is 0 Å². The summed E-state index contributed by atoms with van der Waals surface area (Å²) in [6, 6.07) is 1.98. The van der Waals surface area contributed by atoms with Gasteiger partial charge in [0.05, 0.1) is 22.1 Å². The maximum atomic E-state index is 6.33. The van der Waals surface area contributed by atoms with Crippen molar-refractivity contribution in [3.05, 3.63) is 38.6 Å². The first-order valence-electron chi connectivity index (χ1n) is 6.52. The van der Waals surface area contributed by atoms with Crippen molar-refractivity contribution in [2.75, 3.05) is 0 Å². The standard InChI is InChI=1S/C14H20N4S/c1-5-13-11(6-8(2)17-18-13)12(15)7-14-16-9(3)10(4)19-14/h6,12H,5,7,15H2,1-4H3. The fourth-order valence-corrected chi connectivity index (χ4v) is 3.05. The third-order valence-corrected chi connectivity index (χ3v) is 4.32. The molecule has 0 aliphatic rings. The second kappa shape index (κ2) is 5.75. The molecule has 0 aliphatic heterocycles. The Balaban J connectivity index is 2.24. The number of hydrogen-bond donors (Lipinski definition) is 1. The summed E-state index contributed by atoms with van der Waals surface area (Å²) in [5.41, 5.74) is 10.4. The van der Waals surface area contributed by atoms with Crippen molar-refractivity contribution in [1.82, 2.24) is 15.2 Å². The van der Waals surface area contributed by atoms with Crippen LogP contribution in [0.15, 0.2) is 6.07 Å². The molecule has 0 aliphatic carbocycles. The molecule has 2 rings (SSSR count). The molecule has 2 aromatic rings. The van der Waals surface area contributed by atoms with Crippen molar-refractivity contribution in [2.45, 2.75) is 46.6 Å². The molecule has 0 fully saturated rings. The highest BCUT2D eigenvalue weighted by atomic mass is 32.1. The molecule has 4 nitrogen and oxygen atoms in total. The van der Waals surface area contributed by atoms with Gasteiger partial charge in [0.1, 0.15) is 0 Å². The van der Waals surface area contributed by atoms with Crippen LogP contribution in [-0.4, -0.2) is 15.2 Å². The van der Waals surface area contributed by atoms with Gasteiger partial charge in [-0.25, -0.2) is 4.98 Å². The summed E-state index contributed by atoms with van der Waals surface area (Å²) < 4.78 is 0. The van der Waals surface area contributed by atoms with Crippen LogP contribution in [0.2, 0.25) is 0 Å². The summed E-state index contributed by atoms with van der Waals surface area (Å²) in [4.78, 5) is 5.82. The number of nitrogens with two attached hydrogens (primary N) is 1. The monoisotopic (exact) mass is 276 g/mol. The number of hydrogen-bond acceptors (Lipinski definition) is 5. The number of thiazole rings is 1. The second-order valence-electron chi connectivity index (χ2n) is 4.80. The van der Waals surface area contributed by atoms with Crippen LogP contribution in [0.25, 0.3) is 0 Å². The third kappa shape index (κ3) is 3.16. The zero-order valence-corrected chi connectivity index (χ0v) is 12.7. The van der Waals surface area contributed by atoms with E-state index in [1.807, 2.05) is 19.9 Å². The molecule has 0 aromatic carbocycles. The van der Waals surface area contributed by atoms with Crippen LogP contribution in [0.1, 0.15) is 45.5 Å². The summed E-state index contributed by atoms with van der Waals surface area (Å²) in [6.45, 7) is 8.15. The Morgan fingerprint density at radius 3 is 2.58 bits per heavy atom. The lowest BCUT2D eigenvalue weighted by Gasteiger charge is -2.14. The Labute approximate surface area is 118 Å². The summed E-state index contributed by atoms with van der Waals surface area (Å²) >= 11 is 1.73. The van der Waals surface area contributed by atoms with Crippen LogP contribution in [-0.2, 0) is 12.8 Å². The van der Waals surface area contributed by atoms with E-state index in [0.29, 0.717) is 0 Å². The highest BCUT2D eigenvalue weighted by molar-refractivity contribution is 7.11. The van der Waals surface area contributed by atoms with Crippen molar-refractivity contribution in [1.29, 1.82) is 0 Å². The molecular formula is C14H20N4S. The lowest BCUT2D eigenvalue weighted by atomic mass is 10.0. The van der Waals surface area contributed by atoms with E-state index in [9.17, 15) is 0 Å². The Hall–Kier alpha value is -1.33. The van der Waals surface area contributed by atoms with Gasteiger partial charge >= 0.3 is 0 Å². The number of nitrogens with zero attached hydrogens (tertiary/aromatic N) is 3. The topological polar surface area (TPSA) is 64.7 Å². The van der Waals surface area contributed by atoms with Crippen LogP contribution < -0.4 is 5.73 Å². The van der Waals surface area contributed by atoms with E-state index in [4.69, 9.17) is 5.73 Å². The maximum absolute atomic E-state index is 6.33. The maximum Gasteiger partial charge on any atom is 0.0949 e. The third-order valence-electron chi connectivity index (χ3n) is 3.23. The van der Waals surface area contributed by atoms with Crippen molar-refractivity contribution < 1.29 is 0 Å². The molecule has 1 atom stereocenters. The van der Waals surface area contributed by atoms with Gasteiger partial charge in [0.25, 0.3) is 0 Å². The normalized spacial score (nSPS) is 12.7. The molecule has 0 saturated carbocycles. The molecule has 1 unspecified atom stereocenters. The molecule has 102 valence electrons. The van der Waals surface area contributed by atoms with Crippen LogP contribution in [0.5, 0.6) is 0 Å². The number of rotatable bonds is 4. The van der Waals surface area contributed by atoms with E-state index in [2.05, 4.69) is 29.0 Å². The predicted molar refractivity (Wildman–Crippen MR) is 78.4 cm³/mol. The summed E-state index contributed by atoms with van der Waals surface area (Å²) in [5.74, 6) is 0. The fourth-order valence-electron chi connectivity index (χ4n) is 2.05. The minimum absolute atomic E-state index is 0.0610. The molecule has 0 bridgehead atoms. The van der Waals surface area contributed by atoms with Crippen molar-refractivity contribution >= 4 is 11.3 Å². The molecule has 0 saturated heterocycles. The van der Waals surface area contributed by atoms with Crippen molar-refractivity contribution in [3.8, 4) is 0 Å². The lowest BCUT2D eigenvalue weighted by molar-refractivity contribution is 0.688. The molecule has 2 N–H and O–H groups in total. The van der Waals surface area contributed by atoms with Gasteiger partial charge in [0, 0.05) is 17.3 Å². The van der Waals surface area contributed by atoms with E-state index in [1.165, 1.54) is 4.88 Å². The molecule has 0 radical (unpaired) electrons. The van der Waals surface area contributed by atoms with Gasteiger partial charge in [0.2, 0.25) is 0 Å². The number of aromatic nitrogens is 3. The minimum atomic E-state index is -0.0610. The first-order valence-corrected chi connectivity index (χ1v) is 7.34. The second-order valence-corrected chi connectivity index (χ2v) is 6.09. The first-order chi connectivity index (χ1) is 9.01. The zero-order chi connectivity index (χ0) is 14.0. The fraction of sp³-hybridized carbons (Fsp3) is 0.500. The van der Waals surface area contributed by atoms with Crippen molar-refractivity contribution in [2.24, 2.45) is 5.73 Å². The van der Waals surface area contributed by atoms with Gasteiger partial charge in [-0.3, -0.25) is 0 Å². The van der Waals surface area contributed by atoms with Crippen LogP contribution in [0, 0.1) is 20.8 Å². The molecule has 0 spiro atoms. The van der Waals surface area contributed by atoms with E-state index in [0.717, 1.165) is 40.5 Å². The largest absolute Gasteiger partial charge is 0.324 e. The van der Waals surface area contributed by atoms with Crippen LogP contribution in [0.4, 0.5) is 0 Å². The van der Waals surface area contributed by atoms with Gasteiger partial charge < -0.3 is 5.73 Å². The molecule has 2 aromatic heterocycles. The van der Waals surface area contributed by atoms with Gasteiger partial charge in [-0.2, -0.15) is 10.2 Å². The highest BCUT2D eigenvalue weighted by Gasteiger charge is 2.15. The van der Waals surface area contributed by atoms with E-state index >= 15 is 0 Å². The van der Waals surface area contributed by atoms with Crippen LogP contribution >= 0.6 is 11.3 Å². The quantitative estimate of drug-likeness (QED) is 0.932. The predicted octanol–water partition coefficient (Wildman–Crippen LogP) is 2.66. The van der Waals surface area contributed by atoms with E-state index in [-0.39, 0.29) is 6.04 Å². The van der Waals surface area contributed by atoms with Crippen LogP contribution in [0.3, 0.4) is 0 Å². The highest BCUT2D eigenvalue weighted by Crippen LogP contribution is 2.23. The van der Waals surface area contributed by atoms with Gasteiger partial charge in [-0.1, -0.05) is 6.92 Å². The Bertz CT molecular complexity index is 557. The average Bonchev–Trinajstić information content (AvgIpc) is 2.68. The smallest absolute Gasteiger partial charge is 0.0949 e. The number of aryl methyl sites for hydroxylation is 4. The molecule has 0 amide bonds. The zero-order valence-electron chi connectivity index (χ0n) is 11.9. The molecular weight excluding hydrogens is 256 g/mol. The first kappa shape index (κ1) is 14.1. The Kier molecular flexibility index (Phi) is 4.27. The molecule has 19 heavy (non-hydrogen) atoms. The molecule has 2 heterocycles. The minimum Gasteiger partial charge on any atom is -0.324 e. The van der Waals surface area contributed by atoms with Gasteiger partial charge in [0.15, 0.2) is 0 Å². The Morgan fingerprint density at radius 2 is 2.00 bits per heavy atom. The summed E-state index contributed by atoms with van der Waals surface area (Å²) in [6.07, 6.45) is 1.61. The average molecular weight is 276 g/mol. The Morgan fingerprint density at radius 1 is 1.26 bits per heavy atom. The van der Waals surface area contributed by atoms with Gasteiger partial charge in [-0.05, 0) is 38.8 Å². The van der Waals surface area contributed by atoms with E-state index in [1.54, 1.807) is 11.3 Å². The molecule has 5 heteroatoms. The SMILES string of the molecule is CCc1nnc(C)cc1C(N)Cc1nc(C)c(C)s1. The lowest BCUT2D eigenvalue weighted by Crippen LogP contribution is -2.17. The summed E-state index contributed by atoms with van der Waals surface area (Å²) in [7, 11) is 0. The van der Waals surface area contributed by atoms with Gasteiger partial charge in [-0.15, -0.1) is 11.3 Å².